The van der Waals surface area contributed by atoms with Gasteiger partial charge in [-0.2, -0.15) is 0 Å². The lowest BCUT2D eigenvalue weighted by Crippen LogP contribution is -2.49. The number of carbonyl (C=O) groups is 2. The normalized spacial score (nSPS) is 14.7. The fraction of sp³-hybridized carbons (Fsp3) is 0.333. The molecule has 2 aromatic heterocycles. The maximum atomic E-state index is 12.5. The summed E-state index contributed by atoms with van der Waals surface area (Å²) in [6.45, 7) is 3.88. The summed E-state index contributed by atoms with van der Waals surface area (Å²) in [6.07, 6.45) is 1.83. The lowest BCUT2D eigenvalue weighted by Gasteiger charge is -2.34. The van der Waals surface area contributed by atoms with Gasteiger partial charge in [0.15, 0.2) is 10.9 Å². The monoisotopic (exact) mass is 473 g/mol. The first-order chi connectivity index (χ1) is 15.3. The van der Waals surface area contributed by atoms with Gasteiger partial charge in [0.1, 0.15) is 10.3 Å². The SMILES string of the molecule is CC(=O)c1ccc(S(=O)(=O)NCCC(=O)N2CCN(c3nc4cccnc4s3)CC2)cc1. The van der Waals surface area contributed by atoms with Gasteiger partial charge in [0.2, 0.25) is 15.9 Å². The van der Waals surface area contributed by atoms with Crippen molar-refractivity contribution < 1.29 is 18.0 Å². The summed E-state index contributed by atoms with van der Waals surface area (Å²) < 4.78 is 27.3. The van der Waals surface area contributed by atoms with Gasteiger partial charge < -0.3 is 9.80 Å². The number of thiazole rings is 1. The largest absolute Gasteiger partial charge is 0.344 e. The van der Waals surface area contributed by atoms with Crippen LogP contribution in [0.15, 0.2) is 47.5 Å². The number of amides is 1. The Balaban J connectivity index is 1.26. The number of piperazine rings is 1. The Bertz CT molecular complexity index is 1200. The van der Waals surface area contributed by atoms with E-state index in [2.05, 4.69) is 19.6 Å². The topological polar surface area (TPSA) is 113 Å². The summed E-state index contributed by atoms with van der Waals surface area (Å²) in [6, 6.07) is 9.51. The third-order valence-corrected chi connectivity index (χ3v) is 7.78. The number of Topliss-reactive ketones (excluding diaryl/α,β-unsaturated/α-hetero) is 1. The van der Waals surface area contributed by atoms with Crippen molar-refractivity contribution in [2.75, 3.05) is 37.6 Å². The van der Waals surface area contributed by atoms with Crippen molar-refractivity contribution in [3.63, 3.8) is 0 Å². The van der Waals surface area contributed by atoms with E-state index in [0.717, 1.165) is 15.5 Å². The zero-order valence-corrected chi connectivity index (χ0v) is 19.2. The molecule has 3 aromatic rings. The van der Waals surface area contributed by atoms with Crippen LogP contribution in [0.25, 0.3) is 10.3 Å². The maximum Gasteiger partial charge on any atom is 0.240 e. The number of fused-ring (bicyclic) bond motifs is 1. The lowest BCUT2D eigenvalue weighted by atomic mass is 10.2. The number of benzene rings is 1. The van der Waals surface area contributed by atoms with Crippen molar-refractivity contribution in [1.29, 1.82) is 0 Å². The third-order valence-electron chi connectivity index (χ3n) is 5.26. The minimum absolute atomic E-state index is 0.0133. The van der Waals surface area contributed by atoms with E-state index in [-0.39, 0.29) is 29.6 Å². The summed E-state index contributed by atoms with van der Waals surface area (Å²) in [4.78, 5) is 37.6. The number of hydrogen-bond acceptors (Lipinski definition) is 8. The van der Waals surface area contributed by atoms with Crippen LogP contribution in [-0.2, 0) is 14.8 Å². The number of carbonyl (C=O) groups excluding carboxylic acids is 2. The second kappa shape index (κ2) is 9.31. The van der Waals surface area contributed by atoms with E-state index in [1.165, 1.54) is 42.5 Å². The van der Waals surface area contributed by atoms with Gasteiger partial charge in [-0.25, -0.2) is 23.1 Å². The van der Waals surface area contributed by atoms with E-state index in [4.69, 9.17) is 0 Å². The van der Waals surface area contributed by atoms with Gasteiger partial charge in [-0.1, -0.05) is 23.5 Å². The number of nitrogens with zero attached hydrogens (tertiary/aromatic N) is 4. The van der Waals surface area contributed by atoms with Crippen molar-refractivity contribution in [3.8, 4) is 0 Å². The molecule has 9 nitrogen and oxygen atoms in total. The average Bonchev–Trinajstić information content (AvgIpc) is 3.23. The van der Waals surface area contributed by atoms with Crippen LogP contribution in [0.3, 0.4) is 0 Å². The molecule has 1 aliphatic heterocycles. The first-order valence-electron chi connectivity index (χ1n) is 10.2. The molecule has 0 saturated carbocycles. The van der Waals surface area contributed by atoms with Gasteiger partial charge in [-0.3, -0.25) is 9.59 Å². The minimum atomic E-state index is -3.74. The van der Waals surface area contributed by atoms with Crippen LogP contribution in [0.4, 0.5) is 5.13 Å². The summed E-state index contributed by atoms with van der Waals surface area (Å²) in [5, 5.41) is 0.898. The fourth-order valence-electron chi connectivity index (χ4n) is 3.44. The van der Waals surface area contributed by atoms with Crippen molar-refractivity contribution in [3.05, 3.63) is 48.2 Å². The van der Waals surface area contributed by atoms with Gasteiger partial charge in [0.05, 0.1) is 4.90 Å². The number of hydrogen-bond donors (Lipinski definition) is 1. The maximum absolute atomic E-state index is 12.5. The Labute approximate surface area is 190 Å². The second-order valence-corrected chi connectivity index (χ2v) is 10.1. The van der Waals surface area contributed by atoms with Crippen LogP contribution in [0, 0.1) is 0 Å². The minimum Gasteiger partial charge on any atom is -0.344 e. The highest BCUT2D eigenvalue weighted by atomic mass is 32.2. The van der Waals surface area contributed by atoms with Crippen LogP contribution in [-0.4, -0.2) is 67.7 Å². The number of sulfonamides is 1. The number of anilines is 1. The number of nitrogens with one attached hydrogen (secondary N) is 1. The molecular weight excluding hydrogens is 450 g/mol. The van der Waals surface area contributed by atoms with Gasteiger partial charge in [-0.15, -0.1) is 0 Å². The molecule has 32 heavy (non-hydrogen) atoms. The average molecular weight is 474 g/mol. The molecule has 0 spiro atoms. The fourth-order valence-corrected chi connectivity index (χ4v) is 5.44. The van der Waals surface area contributed by atoms with Crippen LogP contribution >= 0.6 is 11.3 Å². The molecule has 1 N–H and O–H groups in total. The Morgan fingerprint density at radius 2 is 1.81 bits per heavy atom. The van der Waals surface area contributed by atoms with Gasteiger partial charge >= 0.3 is 0 Å². The number of aromatic nitrogens is 2. The highest BCUT2D eigenvalue weighted by Gasteiger charge is 2.23. The van der Waals surface area contributed by atoms with E-state index in [1.807, 2.05) is 12.1 Å². The van der Waals surface area contributed by atoms with Crippen LogP contribution in [0.5, 0.6) is 0 Å². The highest BCUT2D eigenvalue weighted by molar-refractivity contribution is 7.89. The molecule has 11 heteroatoms. The summed E-state index contributed by atoms with van der Waals surface area (Å²) in [5.41, 5.74) is 1.31. The predicted octanol–water partition coefficient (Wildman–Crippen LogP) is 1.91. The Morgan fingerprint density at radius 1 is 1.09 bits per heavy atom. The Kier molecular flexibility index (Phi) is 6.49. The molecule has 1 aromatic carbocycles. The van der Waals surface area contributed by atoms with Crippen molar-refractivity contribution >= 4 is 48.5 Å². The van der Waals surface area contributed by atoms with Crippen molar-refractivity contribution in [1.82, 2.24) is 19.6 Å². The molecule has 0 atom stereocenters. The molecule has 1 saturated heterocycles. The molecule has 0 radical (unpaired) electrons. The van der Waals surface area contributed by atoms with Crippen molar-refractivity contribution in [2.24, 2.45) is 0 Å². The molecule has 0 unspecified atom stereocenters. The van der Waals surface area contributed by atoms with E-state index in [0.29, 0.717) is 31.7 Å². The summed E-state index contributed by atoms with van der Waals surface area (Å²) in [5.74, 6) is -0.224. The van der Waals surface area contributed by atoms with Gasteiger partial charge in [-0.05, 0) is 31.2 Å². The van der Waals surface area contributed by atoms with Gasteiger partial charge in [0.25, 0.3) is 0 Å². The predicted molar refractivity (Wildman–Crippen MR) is 122 cm³/mol. The van der Waals surface area contributed by atoms with Gasteiger partial charge in [0, 0.05) is 50.9 Å². The lowest BCUT2D eigenvalue weighted by molar-refractivity contribution is -0.131. The number of ketones is 1. The molecular formula is C21H23N5O4S2. The van der Waals surface area contributed by atoms with Crippen LogP contribution in [0.1, 0.15) is 23.7 Å². The zero-order chi connectivity index (χ0) is 22.7. The zero-order valence-electron chi connectivity index (χ0n) is 17.5. The first-order valence-corrected chi connectivity index (χ1v) is 12.5. The van der Waals surface area contributed by atoms with E-state index in [9.17, 15) is 18.0 Å². The van der Waals surface area contributed by atoms with Crippen molar-refractivity contribution in [2.45, 2.75) is 18.2 Å². The summed E-state index contributed by atoms with van der Waals surface area (Å²) in [7, 11) is -3.74. The highest BCUT2D eigenvalue weighted by Crippen LogP contribution is 2.27. The number of pyridine rings is 1. The Morgan fingerprint density at radius 3 is 2.47 bits per heavy atom. The first kappa shape index (κ1) is 22.3. The molecule has 0 bridgehead atoms. The molecule has 3 heterocycles. The number of rotatable bonds is 7. The van der Waals surface area contributed by atoms with E-state index < -0.39 is 10.0 Å². The standard InChI is InChI=1S/C21H23N5O4S2/c1-15(27)16-4-6-17(7-5-16)32(29,30)23-10-8-19(28)25-11-13-26(14-12-25)21-24-18-3-2-9-22-20(18)31-21/h2-7,9,23H,8,10-14H2,1H3. The molecule has 4 rings (SSSR count). The van der Waals surface area contributed by atoms with Crippen LogP contribution in [0.2, 0.25) is 0 Å². The molecule has 1 fully saturated rings. The third kappa shape index (κ3) is 4.95. The molecule has 1 amide bonds. The Hall–Kier alpha value is -2.89. The van der Waals surface area contributed by atoms with Crippen LogP contribution < -0.4 is 9.62 Å². The molecule has 0 aliphatic carbocycles. The molecule has 1 aliphatic rings. The second-order valence-electron chi connectivity index (χ2n) is 7.42. The smallest absolute Gasteiger partial charge is 0.240 e. The molecule has 168 valence electrons. The van der Waals surface area contributed by atoms with E-state index >= 15 is 0 Å². The van der Waals surface area contributed by atoms with E-state index in [1.54, 1.807) is 11.1 Å². The summed E-state index contributed by atoms with van der Waals surface area (Å²) >= 11 is 1.54. The quantitative estimate of drug-likeness (QED) is 0.522.